The fraction of sp³-hybridized carbons (Fsp3) is 0.700. The number of nitrogens with zero attached hydrogens (tertiary/aromatic N) is 3. The highest BCUT2D eigenvalue weighted by molar-refractivity contribution is 5.23. The van der Waals surface area contributed by atoms with E-state index in [0.29, 0.717) is 25.3 Å². The molecule has 0 aliphatic rings. The summed E-state index contributed by atoms with van der Waals surface area (Å²) in [6.07, 6.45) is 0.0639. The number of nitrogen functional groups attached to an aromatic ring is 1. The SMILES string of the molecule is Nc1ccn(CCCN(CCO)CC(F)F)n1. The smallest absolute Gasteiger partial charge is 0.251 e. The van der Waals surface area contributed by atoms with Gasteiger partial charge in [-0.3, -0.25) is 9.58 Å². The van der Waals surface area contributed by atoms with E-state index >= 15 is 0 Å². The van der Waals surface area contributed by atoms with Gasteiger partial charge >= 0.3 is 0 Å². The van der Waals surface area contributed by atoms with Crippen LogP contribution >= 0.6 is 0 Å². The maximum absolute atomic E-state index is 12.2. The first-order chi connectivity index (χ1) is 8.11. The fourth-order valence-corrected chi connectivity index (χ4v) is 1.59. The van der Waals surface area contributed by atoms with Gasteiger partial charge in [0.05, 0.1) is 13.2 Å². The number of nitrogens with two attached hydrogens (primary N) is 1. The molecule has 1 aromatic heterocycles. The van der Waals surface area contributed by atoms with Crippen LogP contribution in [0.4, 0.5) is 14.6 Å². The zero-order chi connectivity index (χ0) is 12.7. The molecule has 1 heterocycles. The summed E-state index contributed by atoms with van der Waals surface area (Å²) in [6.45, 7) is 0.988. The van der Waals surface area contributed by atoms with Gasteiger partial charge in [-0.1, -0.05) is 0 Å². The van der Waals surface area contributed by atoms with Crippen molar-refractivity contribution in [3.05, 3.63) is 12.3 Å². The van der Waals surface area contributed by atoms with Crippen LogP contribution in [0.2, 0.25) is 0 Å². The van der Waals surface area contributed by atoms with Gasteiger partial charge in [-0.25, -0.2) is 8.78 Å². The van der Waals surface area contributed by atoms with Crippen LogP contribution in [0.1, 0.15) is 6.42 Å². The average molecular weight is 248 g/mol. The third-order valence-corrected chi connectivity index (χ3v) is 2.34. The summed E-state index contributed by atoms with van der Waals surface area (Å²) in [4.78, 5) is 1.54. The van der Waals surface area contributed by atoms with Crippen molar-refractivity contribution in [1.29, 1.82) is 0 Å². The number of alkyl halides is 2. The van der Waals surface area contributed by atoms with E-state index in [2.05, 4.69) is 5.10 Å². The number of hydrogen-bond donors (Lipinski definition) is 2. The molecule has 0 bridgehead atoms. The van der Waals surface area contributed by atoms with Crippen LogP contribution in [-0.4, -0.2) is 52.5 Å². The summed E-state index contributed by atoms with van der Waals surface area (Å²) in [5, 5.41) is 12.7. The van der Waals surface area contributed by atoms with Gasteiger partial charge in [0.2, 0.25) is 0 Å². The van der Waals surface area contributed by atoms with E-state index in [-0.39, 0.29) is 19.7 Å². The van der Waals surface area contributed by atoms with Gasteiger partial charge in [-0.05, 0) is 12.5 Å². The molecule has 1 rings (SSSR count). The van der Waals surface area contributed by atoms with Crippen LogP contribution in [-0.2, 0) is 6.54 Å². The molecule has 0 saturated carbocycles. The zero-order valence-electron chi connectivity index (χ0n) is 9.60. The quantitative estimate of drug-likeness (QED) is 0.699. The van der Waals surface area contributed by atoms with Crippen LogP contribution in [0.15, 0.2) is 12.3 Å². The molecule has 0 saturated heterocycles. The summed E-state index contributed by atoms with van der Waals surface area (Å²) < 4.78 is 26.1. The van der Waals surface area contributed by atoms with Crippen LogP contribution in [0.5, 0.6) is 0 Å². The Morgan fingerprint density at radius 3 is 2.76 bits per heavy atom. The number of aryl methyl sites for hydroxylation is 1. The number of aromatic nitrogens is 2. The molecule has 0 atom stereocenters. The normalized spacial score (nSPS) is 11.6. The Morgan fingerprint density at radius 1 is 1.47 bits per heavy atom. The van der Waals surface area contributed by atoms with Crippen molar-refractivity contribution in [2.75, 3.05) is 32.0 Å². The minimum atomic E-state index is -2.37. The molecule has 7 heteroatoms. The topological polar surface area (TPSA) is 67.3 Å². The van der Waals surface area contributed by atoms with E-state index in [1.807, 2.05) is 0 Å². The van der Waals surface area contributed by atoms with Crippen molar-refractivity contribution in [3.8, 4) is 0 Å². The highest BCUT2D eigenvalue weighted by atomic mass is 19.3. The minimum absolute atomic E-state index is 0.110. The predicted molar refractivity (Wildman–Crippen MR) is 60.8 cm³/mol. The Bertz CT molecular complexity index is 319. The molecule has 98 valence electrons. The van der Waals surface area contributed by atoms with Crippen LogP contribution in [0.25, 0.3) is 0 Å². The van der Waals surface area contributed by atoms with Crippen LogP contribution < -0.4 is 5.73 Å². The van der Waals surface area contributed by atoms with Crippen molar-refractivity contribution in [2.24, 2.45) is 0 Å². The lowest BCUT2D eigenvalue weighted by Gasteiger charge is -2.20. The Balaban J connectivity index is 2.26. The van der Waals surface area contributed by atoms with Gasteiger partial charge in [-0.15, -0.1) is 0 Å². The van der Waals surface area contributed by atoms with Gasteiger partial charge < -0.3 is 10.8 Å². The number of aliphatic hydroxyl groups is 1. The molecule has 0 aromatic carbocycles. The maximum Gasteiger partial charge on any atom is 0.251 e. The average Bonchev–Trinajstić information content (AvgIpc) is 2.63. The minimum Gasteiger partial charge on any atom is -0.395 e. The Labute approximate surface area is 98.8 Å². The second-order valence-corrected chi connectivity index (χ2v) is 3.77. The van der Waals surface area contributed by atoms with Gasteiger partial charge in [-0.2, -0.15) is 5.10 Å². The van der Waals surface area contributed by atoms with Crippen molar-refractivity contribution in [1.82, 2.24) is 14.7 Å². The second kappa shape index (κ2) is 7.18. The number of halogens is 2. The maximum atomic E-state index is 12.2. The molecule has 0 radical (unpaired) electrons. The Hall–Kier alpha value is -1.21. The van der Waals surface area contributed by atoms with Crippen LogP contribution in [0, 0.1) is 0 Å². The lowest BCUT2D eigenvalue weighted by Crippen LogP contribution is -2.33. The lowest BCUT2D eigenvalue weighted by atomic mass is 10.3. The van der Waals surface area contributed by atoms with E-state index in [0.717, 1.165) is 0 Å². The van der Waals surface area contributed by atoms with E-state index in [9.17, 15) is 8.78 Å². The van der Waals surface area contributed by atoms with Crippen molar-refractivity contribution < 1.29 is 13.9 Å². The first kappa shape index (κ1) is 13.9. The van der Waals surface area contributed by atoms with Gasteiger partial charge in [0.15, 0.2) is 0 Å². The van der Waals surface area contributed by atoms with Crippen molar-refractivity contribution in [3.63, 3.8) is 0 Å². The van der Waals surface area contributed by atoms with E-state index in [1.54, 1.807) is 16.9 Å². The van der Waals surface area contributed by atoms with Gasteiger partial charge in [0, 0.05) is 25.8 Å². The van der Waals surface area contributed by atoms with E-state index < -0.39 is 6.43 Å². The standard InChI is InChI=1S/C10H18F2N4O/c11-9(12)8-15(6-7-17)3-1-4-16-5-2-10(13)14-16/h2,5,9,17H,1,3-4,6-8H2,(H2,13,14). The van der Waals surface area contributed by atoms with Gasteiger partial charge in [0.25, 0.3) is 6.43 Å². The number of hydrogen-bond acceptors (Lipinski definition) is 4. The second-order valence-electron chi connectivity index (χ2n) is 3.77. The molecular formula is C10H18F2N4O. The van der Waals surface area contributed by atoms with Crippen molar-refractivity contribution >= 4 is 5.82 Å². The van der Waals surface area contributed by atoms with E-state index in [4.69, 9.17) is 10.8 Å². The molecule has 5 nitrogen and oxygen atoms in total. The van der Waals surface area contributed by atoms with E-state index in [1.165, 1.54) is 4.90 Å². The summed E-state index contributed by atoms with van der Waals surface area (Å²) in [6, 6.07) is 1.69. The molecule has 1 aromatic rings. The summed E-state index contributed by atoms with van der Waals surface area (Å²) in [5.41, 5.74) is 5.45. The zero-order valence-corrected chi connectivity index (χ0v) is 9.60. The number of aliphatic hydroxyl groups excluding tert-OH is 1. The highest BCUT2D eigenvalue weighted by Gasteiger charge is 2.11. The molecule has 17 heavy (non-hydrogen) atoms. The largest absolute Gasteiger partial charge is 0.395 e. The summed E-state index contributed by atoms with van der Waals surface area (Å²) >= 11 is 0. The van der Waals surface area contributed by atoms with Crippen LogP contribution in [0.3, 0.4) is 0 Å². The molecular weight excluding hydrogens is 230 g/mol. The number of rotatable bonds is 8. The molecule has 0 fully saturated rings. The highest BCUT2D eigenvalue weighted by Crippen LogP contribution is 2.01. The van der Waals surface area contributed by atoms with Gasteiger partial charge in [0.1, 0.15) is 5.82 Å². The Morgan fingerprint density at radius 2 is 2.24 bits per heavy atom. The molecule has 3 N–H and O–H groups in total. The van der Waals surface area contributed by atoms with Crippen molar-refractivity contribution in [2.45, 2.75) is 19.4 Å². The predicted octanol–water partition coefficient (Wildman–Crippen LogP) is 0.415. The fourth-order valence-electron chi connectivity index (χ4n) is 1.59. The third-order valence-electron chi connectivity index (χ3n) is 2.34. The number of anilines is 1. The monoisotopic (exact) mass is 248 g/mol. The lowest BCUT2D eigenvalue weighted by molar-refractivity contribution is 0.0770. The Kier molecular flexibility index (Phi) is 5.85. The molecule has 0 aliphatic carbocycles. The first-order valence-electron chi connectivity index (χ1n) is 5.52. The first-order valence-corrected chi connectivity index (χ1v) is 5.52. The summed E-state index contributed by atoms with van der Waals surface area (Å²) in [7, 11) is 0. The third kappa shape index (κ3) is 5.60. The molecule has 0 aliphatic heterocycles. The molecule has 0 spiro atoms. The molecule has 0 unspecified atom stereocenters. The molecule has 0 amide bonds. The summed E-state index contributed by atoms with van der Waals surface area (Å²) in [5.74, 6) is 0.449.